The lowest BCUT2D eigenvalue weighted by Crippen LogP contribution is -2.48. The molecule has 1 fully saturated rings. The molecule has 8 nitrogen and oxygen atoms in total. The molecule has 180 valence electrons. The molecule has 5 rings (SSSR count). The molecule has 0 unspecified atom stereocenters. The van der Waals surface area contributed by atoms with Gasteiger partial charge in [0.05, 0.1) is 11.3 Å². The molecule has 1 aliphatic rings. The zero-order valence-electron chi connectivity index (χ0n) is 19.5. The predicted molar refractivity (Wildman–Crippen MR) is 136 cm³/mol. The number of hydrogen-bond acceptors (Lipinski definition) is 8. The molecule has 0 bridgehead atoms. The van der Waals surface area contributed by atoms with E-state index in [-0.39, 0.29) is 11.3 Å². The van der Waals surface area contributed by atoms with Crippen molar-refractivity contribution in [3.8, 4) is 22.0 Å². The first-order chi connectivity index (χ1) is 16.9. The number of pyridine rings is 1. The van der Waals surface area contributed by atoms with Gasteiger partial charge in [0.15, 0.2) is 0 Å². The topological polar surface area (TPSA) is 97.0 Å². The van der Waals surface area contributed by atoms with Gasteiger partial charge in [0, 0.05) is 52.8 Å². The summed E-state index contributed by atoms with van der Waals surface area (Å²) in [7, 11) is 2.12. The Bertz CT molecular complexity index is 1330. The Morgan fingerprint density at radius 1 is 1.17 bits per heavy atom. The Morgan fingerprint density at radius 3 is 2.66 bits per heavy atom. The quantitative estimate of drug-likeness (QED) is 0.406. The minimum Gasteiger partial charge on any atom is -0.351 e. The maximum atomic E-state index is 13.1. The van der Waals surface area contributed by atoms with Gasteiger partial charge in [0.1, 0.15) is 5.01 Å². The van der Waals surface area contributed by atoms with Crippen LogP contribution in [0.4, 0.5) is 0 Å². The molecule has 1 N–H and O–H groups in total. The number of piperidine rings is 1. The van der Waals surface area contributed by atoms with Crippen molar-refractivity contribution in [2.24, 2.45) is 0 Å². The lowest BCUT2D eigenvalue weighted by molar-refractivity contribution is 0.0926. The third-order valence-corrected chi connectivity index (χ3v) is 7.60. The number of likely N-dealkylation sites (tertiary alicyclic amines) is 1. The molecule has 1 amide bonds. The zero-order valence-corrected chi connectivity index (χ0v) is 21.1. The number of thiazole rings is 1. The van der Waals surface area contributed by atoms with E-state index in [1.54, 1.807) is 36.7 Å². The van der Waals surface area contributed by atoms with E-state index >= 15 is 0 Å². The van der Waals surface area contributed by atoms with E-state index in [1.807, 2.05) is 24.3 Å². The van der Waals surface area contributed by atoms with Gasteiger partial charge in [-0.3, -0.25) is 9.78 Å². The molecule has 0 spiro atoms. The molecule has 1 aliphatic heterocycles. The molecule has 1 saturated heterocycles. The first kappa shape index (κ1) is 23.6. The molecule has 0 saturated carbocycles. The fraction of sp³-hybridized carbons (Fsp3) is 0.320. The van der Waals surface area contributed by atoms with Crippen LogP contribution in [0.15, 0.2) is 52.6 Å². The van der Waals surface area contributed by atoms with Gasteiger partial charge in [0.25, 0.3) is 5.91 Å². The van der Waals surface area contributed by atoms with Crippen LogP contribution in [0.5, 0.6) is 0 Å². The normalized spacial score (nSPS) is 15.7. The lowest BCUT2D eigenvalue weighted by atomic mass is 9.76. The number of carbonyl (C=O) groups is 1. The van der Waals surface area contributed by atoms with Crippen molar-refractivity contribution in [1.82, 2.24) is 30.3 Å². The van der Waals surface area contributed by atoms with Crippen LogP contribution in [0.3, 0.4) is 0 Å². The van der Waals surface area contributed by atoms with Crippen molar-refractivity contribution >= 4 is 28.8 Å². The molecule has 4 heterocycles. The minimum absolute atomic E-state index is 0.189. The average molecular weight is 509 g/mol. The lowest BCUT2D eigenvalue weighted by Gasteiger charge is -2.39. The second kappa shape index (κ2) is 9.85. The van der Waals surface area contributed by atoms with Crippen LogP contribution in [-0.2, 0) is 5.41 Å². The van der Waals surface area contributed by atoms with E-state index in [2.05, 4.69) is 37.8 Å². The van der Waals surface area contributed by atoms with Gasteiger partial charge in [-0.2, -0.15) is 4.98 Å². The first-order valence-corrected chi connectivity index (χ1v) is 12.6. The van der Waals surface area contributed by atoms with Gasteiger partial charge in [-0.1, -0.05) is 28.9 Å². The number of halogens is 1. The molecule has 4 aromatic rings. The molecular formula is C25H25ClN6O2S. The molecule has 0 atom stereocenters. The molecule has 0 radical (unpaired) electrons. The fourth-order valence-corrected chi connectivity index (χ4v) is 5.34. The summed E-state index contributed by atoms with van der Waals surface area (Å²) in [5, 5.41) is 10.8. The number of aromatic nitrogens is 4. The molecular weight excluding hydrogens is 484 g/mol. The summed E-state index contributed by atoms with van der Waals surface area (Å²) in [6, 6.07) is 9.46. The predicted octanol–water partition coefficient (Wildman–Crippen LogP) is 4.61. The van der Waals surface area contributed by atoms with Crippen molar-refractivity contribution in [2.75, 3.05) is 26.7 Å². The van der Waals surface area contributed by atoms with Crippen LogP contribution in [0.1, 0.15) is 34.8 Å². The van der Waals surface area contributed by atoms with Gasteiger partial charge in [-0.25, -0.2) is 4.98 Å². The van der Waals surface area contributed by atoms with E-state index in [9.17, 15) is 4.79 Å². The van der Waals surface area contributed by atoms with Gasteiger partial charge in [-0.05, 0) is 51.2 Å². The van der Waals surface area contributed by atoms with Crippen LogP contribution >= 0.6 is 22.9 Å². The van der Waals surface area contributed by atoms with Crippen molar-refractivity contribution in [3.63, 3.8) is 0 Å². The van der Waals surface area contributed by atoms with Gasteiger partial charge in [-0.15, -0.1) is 11.3 Å². The van der Waals surface area contributed by atoms with Crippen molar-refractivity contribution < 1.29 is 9.32 Å². The number of nitrogens with zero attached hydrogens (tertiary/aromatic N) is 5. The monoisotopic (exact) mass is 508 g/mol. The van der Waals surface area contributed by atoms with Crippen LogP contribution in [-0.4, -0.2) is 57.6 Å². The van der Waals surface area contributed by atoms with E-state index in [4.69, 9.17) is 21.1 Å². The second-order valence-electron chi connectivity index (χ2n) is 8.91. The highest BCUT2D eigenvalue weighted by Gasteiger charge is 2.38. The fourth-order valence-electron chi connectivity index (χ4n) is 4.27. The standard InChI is InChI=1S/C25H25ClN6O2S/c1-16-29-22(31-34-16)18-11-19(13-27-12-18)23(33)28-15-25(7-9-32(2)10-8-25)21-14-35-24(30-21)17-3-5-20(26)6-4-17/h3-6,11-14H,7-10,15H2,1-2H3,(H,28,33). The van der Waals surface area contributed by atoms with Crippen molar-refractivity contribution in [1.29, 1.82) is 0 Å². The third kappa shape index (κ3) is 5.12. The number of carbonyl (C=O) groups excluding carboxylic acids is 1. The maximum absolute atomic E-state index is 13.1. The number of aryl methyl sites for hydroxylation is 1. The smallest absolute Gasteiger partial charge is 0.252 e. The summed E-state index contributed by atoms with van der Waals surface area (Å²) >= 11 is 7.67. The van der Waals surface area contributed by atoms with Crippen LogP contribution in [0.25, 0.3) is 22.0 Å². The largest absolute Gasteiger partial charge is 0.351 e. The Labute approximate surface area is 212 Å². The van der Waals surface area contributed by atoms with E-state index in [1.165, 1.54) is 0 Å². The molecule has 1 aromatic carbocycles. The number of nitrogens with one attached hydrogen (secondary N) is 1. The van der Waals surface area contributed by atoms with Crippen molar-refractivity contribution in [2.45, 2.75) is 25.2 Å². The molecule has 3 aromatic heterocycles. The maximum Gasteiger partial charge on any atom is 0.252 e. The zero-order chi connectivity index (χ0) is 24.4. The van der Waals surface area contributed by atoms with Crippen molar-refractivity contribution in [3.05, 3.63) is 70.3 Å². The highest BCUT2D eigenvalue weighted by molar-refractivity contribution is 7.13. The minimum atomic E-state index is -0.237. The summed E-state index contributed by atoms with van der Waals surface area (Å²) in [4.78, 5) is 28.9. The first-order valence-electron chi connectivity index (χ1n) is 11.4. The summed E-state index contributed by atoms with van der Waals surface area (Å²) in [5.41, 5.74) is 2.91. The Kier molecular flexibility index (Phi) is 6.64. The second-order valence-corrected chi connectivity index (χ2v) is 10.2. The summed E-state index contributed by atoms with van der Waals surface area (Å²) in [6.07, 6.45) is 4.99. The summed E-state index contributed by atoms with van der Waals surface area (Å²) in [5.74, 6) is 0.681. The number of amides is 1. The van der Waals surface area contributed by atoms with E-state index < -0.39 is 0 Å². The average Bonchev–Trinajstić information content (AvgIpc) is 3.54. The highest BCUT2D eigenvalue weighted by atomic mass is 35.5. The van der Waals surface area contributed by atoms with Crippen LogP contribution in [0, 0.1) is 6.92 Å². The molecule has 35 heavy (non-hydrogen) atoms. The Balaban J connectivity index is 1.36. The number of hydrogen-bond donors (Lipinski definition) is 1. The van der Waals surface area contributed by atoms with Crippen LogP contribution < -0.4 is 5.32 Å². The Morgan fingerprint density at radius 2 is 1.94 bits per heavy atom. The molecule has 0 aliphatic carbocycles. The van der Waals surface area contributed by atoms with Gasteiger partial charge in [0.2, 0.25) is 11.7 Å². The van der Waals surface area contributed by atoms with E-state index in [0.29, 0.717) is 34.4 Å². The summed E-state index contributed by atoms with van der Waals surface area (Å²) < 4.78 is 5.05. The SMILES string of the molecule is Cc1nc(-c2cncc(C(=O)NCC3(c4csc(-c5ccc(Cl)cc5)n4)CCN(C)CC3)c2)no1. The van der Waals surface area contributed by atoms with Gasteiger partial charge < -0.3 is 14.7 Å². The Hall–Kier alpha value is -3.14. The number of benzene rings is 1. The van der Waals surface area contributed by atoms with E-state index in [0.717, 1.165) is 42.2 Å². The van der Waals surface area contributed by atoms with Crippen LogP contribution in [0.2, 0.25) is 5.02 Å². The third-order valence-electron chi connectivity index (χ3n) is 6.46. The van der Waals surface area contributed by atoms with Gasteiger partial charge >= 0.3 is 0 Å². The molecule has 10 heteroatoms. The highest BCUT2D eigenvalue weighted by Crippen LogP contribution is 2.37. The summed E-state index contributed by atoms with van der Waals surface area (Å²) in [6.45, 7) is 4.10. The number of rotatable bonds is 6.